The first-order valence-corrected chi connectivity index (χ1v) is 6.91. The Balaban J connectivity index is 0.00000162. The van der Waals surface area contributed by atoms with Gasteiger partial charge in [0, 0.05) is 12.6 Å². The minimum Gasteiger partial charge on any atom is -0.378 e. The molecule has 1 heterocycles. The van der Waals surface area contributed by atoms with Gasteiger partial charge in [-0.25, -0.2) is 0 Å². The molecule has 1 amide bonds. The van der Waals surface area contributed by atoms with Crippen molar-refractivity contribution in [2.24, 2.45) is 5.92 Å². The molecule has 0 radical (unpaired) electrons. The van der Waals surface area contributed by atoms with E-state index in [1.807, 2.05) is 0 Å². The van der Waals surface area contributed by atoms with Crippen LogP contribution in [-0.4, -0.2) is 37.7 Å². The molecule has 2 rings (SSSR count). The monoisotopic (exact) mass is 276 g/mol. The van der Waals surface area contributed by atoms with Gasteiger partial charge in [-0.05, 0) is 31.6 Å². The number of morpholine rings is 1. The highest BCUT2D eigenvalue weighted by Crippen LogP contribution is 2.26. The second-order valence-corrected chi connectivity index (χ2v) is 5.22. The number of amides is 1. The average molecular weight is 277 g/mol. The number of hydrogen-bond acceptors (Lipinski definition) is 3. The molecule has 2 N–H and O–H groups in total. The van der Waals surface area contributed by atoms with Gasteiger partial charge in [0.1, 0.15) is 6.04 Å². The third-order valence-electron chi connectivity index (χ3n) is 4.01. The SMILES string of the molecule is CCC1CCC(NC(=O)C2COCCN2)CC1.Cl. The zero-order chi connectivity index (χ0) is 12.1. The molecule has 0 aromatic rings. The molecule has 1 aliphatic carbocycles. The van der Waals surface area contributed by atoms with E-state index in [4.69, 9.17) is 4.74 Å². The summed E-state index contributed by atoms with van der Waals surface area (Å²) in [4.78, 5) is 12.0. The van der Waals surface area contributed by atoms with Gasteiger partial charge in [0.2, 0.25) is 5.91 Å². The summed E-state index contributed by atoms with van der Waals surface area (Å²) in [6.07, 6.45) is 6.07. The first kappa shape index (κ1) is 15.7. The van der Waals surface area contributed by atoms with E-state index in [2.05, 4.69) is 17.6 Å². The van der Waals surface area contributed by atoms with Gasteiger partial charge in [-0.15, -0.1) is 12.4 Å². The molecule has 2 fully saturated rings. The Morgan fingerprint density at radius 1 is 1.33 bits per heavy atom. The molecule has 0 bridgehead atoms. The lowest BCUT2D eigenvalue weighted by atomic mass is 9.84. The largest absolute Gasteiger partial charge is 0.378 e. The molecule has 4 nitrogen and oxygen atoms in total. The highest BCUT2D eigenvalue weighted by atomic mass is 35.5. The Labute approximate surface area is 116 Å². The van der Waals surface area contributed by atoms with Crippen LogP contribution in [0, 0.1) is 5.92 Å². The molecule has 0 spiro atoms. The summed E-state index contributed by atoms with van der Waals surface area (Å²) in [5.74, 6) is 0.990. The molecule has 1 saturated carbocycles. The van der Waals surface area contributed by atoms with E-state index in [-0.39, 0.29) is 24.4 Å². The maximum Gasteiger partial charge on any atom is 0.239 e. The summed E-state index contributed by atoms with van der Waals surface area (Å²) in [6.45, 7) is 4.26. The first-order valence-electron chi connectivity index (χ1n) is 6.91. The maximum atomic E-state index is 12.0. The van der Waals surface area contributed by atoms with Crippen LogP contribution in [0.15, 0.2) is 0 Å². The Hall–Kier alpha value is -0.320. The van der Waals surface area contributed by atoms with Crippen LogP contribution in [0.3, 0.4) is 0 Å². The van der Waals surface area contributed by atoms with E-state index in [9.17, 15) is 4.79 Å². The predicted molar refractivity (Wildman–Crippen MR) is 74.0 cm³/mol. The van der Waals surface area contributed by atoms with Crippen LogP contribution in [0.25, 0.3) is 0 Å². The van der Waals surface area contributed by atoms with E-state index in [0.29, 0.717) is 19.3 Å². The molecule has 0 aromatic carbocycles. The van der Waals surface area contributed by atoms with Gasteiger partial charge < -0.3 is 15.4 Å². The third-order valence-corrected chi connectivity index (χ3v) is 4.01. The quantitative estimate of drug-likeness (QED) is 0.821. The van der Waals surface area contributed by atoms with Crippen molar-refractivity contribution in [1.29, 1.82) is 0 Å². The van der Waals surface area contributed by atoms with Gasteiger partial charge in [-0.1, -0.05) is 13.3 Å². The van der Waals surface area contributed by atoms with Crippen LogP contribution in [0.5, 0.6) is 0 Å². The molecule has 1 unspecified atom stereocenters. The maximum absolute atomic E-state index is 12.0. The molecule has 1 atom stereocenters. The van der Waals surface area contributed by atoms with Crippen LogP contribution >= 0.6 is 12.4 Å². The van der Waals surface area contributed by atoms with E-state index in [1.165, 1.54) is 19.3 Å². The normalized spacial score (nSPS) is 32.4. The summed E-state index contributed by atoms with van der Waals surface area (Å²) in [7, 11) is 0. The van der Waals surface area contributed by atoms with Gasteiger partial charge in [0.05, 0.1) is 13.2 Å². The summed E-state index contributed by atoms with van der Waals surface area (Å²) in [6, 6.07) is 0.238. The zero-order valence-electron chi connectivity index (χ0n) is 11.1. The van der Waals surface area contributed by atoms with Crippen molar-refractivity contribution in [1.82, 2.24) is 10.6 Å². The van der Waals surface area contributed by atoms with E-state index in [1.54, 1.807) is 0 Å². The molecule has 106 valence electrons. The highest BCUT2D eigenvalue weighted by molar-refractivity contribution is 5.85. The molecule has 2 aliphatic rings. The standard InChI is InChI=1S/C13H24N2O2.ClH/c1-2-10-3-5-11(6-4-10)15-13(16)12-9-17-8-7-14-12;/h10-12,14H,2-9H2,1H3,(H,15,16);1H. The molecular formula is C13H25ClN2O2. The first-order chi connectivity index (χ1) is 8.29. The molecule has 0 aromatic heterocycles. The van der Waals surface area contributed by atoms with Crippen molar-refractivity contribution in [3.63, 3.8) is 0 Å². The van der Waals surface area contributed by atoms with Crippen LogP contribution < -0.4 is 10.6 Å². The van der Waals surface area contributed by atoms with E-state index in [0.717, 1.165) is 25.3 Å². The number of carbonyl (C=O) groups is 1. The Morgan fingerprint density at radius 2 is 2.06 bits per heavy atom. The van der Waals surface area contributed by atoms with E-state index >= 15 is 0 Å². The van der Waals surface area contributed by atoms with Crippen molar-refractivity contribution in [3.8, 4) is 0 Å². The molecular weight excluding hydrogens is 252 g/mol. The van der Waals surface area contributed by atoms with Crippen LogP contribution in [0.2, 0.25) is 0 Å². The number of halogens is 1. The lowest BCUT2D eigenvalue weighted by Gasteiger charge is -2.30. The fourth-order valence-electron chi connectivity index (χ4n) is 2.75. The van der Waals surface area contributed by atoms with Gasteiger partial charge >= 0.3 is 0 Å². The molecule has 1 saturated heterocycles. The Morgan fingerprint density at radius 3 is 2.61 bits per heavy atom. The fourth-order valence-corrected chi connectivity index (χ4v) is 2.75. The fraction of sp³-hybridized carbons (Fsp3) is 0.923. The average Bonchev–Trinajstić information content (AvgIpc) is 2.40. The molecule has 18 heavy (non-hydrogen) atoms. The zero-order valence-corrected chi connectivity index (χ0v) is 11.9. The van der Waals surface area contributed by atoms with Crippen LogP contribution in [-0.2, 0) is 9.53 Å². The predicted octanol–water partition coefficient (Wildman–Crippen LogP) is 1.48. The molecule has 5 heteroatoms. The number of rotatable bonds is 3. The summed E-state index contributed by atoms with van der Waals surface area (Å²) in [5, 5.41) is 6.34. The summed E-state index contributed by atoms with van der Waals surface area (Å²) in [5.41, 5.74) is 0. The topological polar surface area (TPSA) is 50.4 Å². The number of carbonyl (C=O) groups excluding carboxylic acids is 1. The van der Waals surface area contributed by atoms with Gasteiger partial charge in [0.25, 0.3) is 0 Å². The lowest BCUT2D eigenvalue weighted by Crippen LogP contribution is -2.53. The van der Waals surface area contributed by atoms with Crippen molar-refractivity contribution >= 4 is 18.3 Å². The highest BCUT2D eigenvalue weighted by Gasteiger charge is 2.26. The van der Waals surface area contributed by atoms with Crippen molar-refractivity contribution < 1.29 is 9.53 Å². The summed E-state index contributed by atoms with van der Waals surface area (Å²) < 4.78 is 5.30. The minimum atomic E-state index is -0.146. The molecule has 1 aliphatic heterocycles. The number of hydrogen-bond donors (Lipinski definition) is 2. The number of nitrogens with one attached hydrogen (secondary N) is 2. The Kier molecular flexibility index (Phi) is 6.97. The summed E-state index contributed by atoms with van der Waals surface area (Å²) >= 11 is 0. The van der Waals surface area contributed by atoms with Crippen LogP contribution in [0.1, 0.15) is 39.0 Å². The Bertz CT molecular complexity index is 249. The van der Waals surface area contributed by atoms with Crippen molar-refractivity contribution in [3.05, 3.63) is 0 Å². The third kappa shape index (κ3) is 4.41. The van der Waals surface area contributed by atoms with E-state index < -0.39 is 0 Å². The lowest BCUT2D eigenvalue weighted by molar-refractivity contribution is -0.126. The second kappa shape index (κ2) is 7.97. The van der Waals surface area contributed by atoms with Crippen molar-refractivity contribution in [2.75, 3.05) is 19.8 Å². The van der Waals surface area contributed by atoms with Crippen molar-refractivity contribution in [2.45, 2.75) is 51.1 Å². The second-order valence-electron chi connectivity index (χ2n) is 5.22. The number of ether oxygens (including phenoxy) is 1. The van der Waals surface area contributed by atoms with Gasteiger partial charge in [0.15, 0.2) is 0 Å². The smallest absolute Gasteiger partial charge is 0.239 e. The van der Waals surface area contributed by atoms with Gasteiger partial charge in [-0.3, -0.25) is 4.79 Å². The minimum absolute atomic E-state index is 0. The van der Waals surface area contributed by atoms with Gasteiger partial charge in [-0.2, -0.15) is 0 Å². The van der Waals surface area contributed by atoms with Crippen LogP contribution in [0.4, 0.5) is 0 Å².